The lowest BCUT2D eigenvalue weighted by molar-refractivity contribution is 0.0701. The highest BCUT2D eigenvalue weighted by Gasteiger charge is 2.10. The van der Waals surface area contributed by atoms with Crippen LogP contribution < -0.4 is 0 Å². The molecule has 1 aromatic heterocycles. The zero-order chi connectivity index (χ0) is 8.97. The van der Waals surface area contributed by atoms with Crippen LogP contribution in [0, 0.1) is 11.3 Å². The first kappa shape index (κ1) is 8.75. The van der Waals surface area contributed by atoms with Crippen molar-refractivity contribution in [1.29, 1.82) is 5.26 Å². The molecule has 4 heteroatoms. The lowest BCUT2D eigenvalue weighted by atomic mass is 10.1. The zero-order valence-corrected chi connectivity index (χ0v) is 7.10. The average Bonchev–Trinajstić information content (AvgIpc) is 2.48. The number of nitriles is 1. The number of aromatic carboxylic acids is 1. The second kappa shape index (κ2) is 3.88. The summed E-state index contributed by atoms with van der Waals surface area (Å²) in [5, 5.41) is 18.7. The summed E-state index contributed by atoms with van der Waals surface area (Å²) in [6.07, 6.45) is 0.901. The Labute approximate surface area is 73.9 Å². The Morgan fingerprint density at radius 3 is 3.08 bits per heavy atom. The first-order valence-electron chi connectivity index (χ1n) is 3.42. The third kappa shape index (κ3) is 1.83. The summed E-state index contributed by atoms with van der Waals surface area (Å²) in [6.45, 7) is 0. The van der Waals surface area contributed by atoms with Crippen LogP contribution in [-0.4, -0.2) is 11.1 Å². The van der Waals surface area contributed by atoms with Gasteiger partial charge >= 0.3 is 5.97 Å². The molecule has 0 saturated carbocycles. The third-order valence-corrected chi connectivity index (χ3v) is 2.39. The van der Waals surface area contributed by atoms with Crippen LogP contribution in [0.25, 0.3) is 0 Å². The first-order chi connectivity index (χ1) is 5.75. The summed E-state index contributed by atoms with van der Waals surface area (Å²) in [5.41, 5.74) is 0.758. The second-order valence-corrected chi connectivity index (χ2v) is 3.15. The molecule has 0 aliphatic carbocycles. The Morgan fingerprint density at radius 2 is 2.50 bits per heavy atom. The number of nitrogens with zero attached hydrogens (tertiary/aromatic N) is 1. The van der Waals surface area contributed by atoms with Crippen molar-refractivity contribution in [3.05, 3.63) is 21.9 Å². The lowest BCUT2D eigenvalue weighted by Gasteiger charge is -1.93. The number of thiophene rings is 1. The van der Waals surface area contributed by atoms with E-state index in [0.29, 0.717) is 17.7 Å². The molecule has 0 fully saturated rings. The van der Waals surface area contributed by atoms with E-state index in [-0.39, 0.29) is 0 Å². The average molecular weight is 181 g/mol. The van der Waals surface area contributed by atoms with E-state index in [4.69, 9.17) is 10.4 Å². The maximum atomic E-state index is 10.6. The minimum absolute atomic E-state index is 0.352. The van der Waals surface area contributed by atoms with Crippen LogP contribution in [0.4, 0.5) is 0 Å². The quantitative estimate of drug-likeness (QED) is 0.774. The fourth-order valence-corrected chi connectivity index (χ4v) is 1.70. The monoisotopic (exact) mass is 181 g/mol. The molecule has 0 bridgehead atoms. The summed E-state index contributed by atoms with van der Waals surface area (Å²) in [7, 11) is 0. The van der Waals surface area contributed by atoms with Gasteiger partial charge in [-0.3, -0.25) is 0 Å². The molecular weight excluding hydrogens is 174 g/mol. The molecule has 0 spiro atoms. The van der Waals surface area contributed by atoms with Gasteiger partial charge in [-0.25, -0.2) is 4.79 Å². The summed E-state index contributed by atoms with van der Waals surface area (Å²) in [5.74, 6) is -0.905. The number of carbonyl (C=O) groups is 1. The molecule has 0 unspecified atom stereocenters. The van der Waals surface area contributed by atoms with E-state index < -0.39 is 5.97 Å². The molecule has 0 saturated heterocycles. The van der Waals surface area contributed by atoms with Crippen molar-refractivity contribution in [3.8, 4) is 6.07 Å². The molecule has 0 aliphatic rings. The van der Waals surface area contributed by atoms with Gasteiger partial charge in [-0.2, -0.15) is 5.26 Å². The Morgan fingerprint density at radius 1 is 1.75 bits per heavy atom. The lowest BCUT2D eigenvalue weighted by Crippen LogP contribution is -1.96. The van der Waals surface area contributed by atoms with Crippen molar-refractivity contribution < 1.29 is 9.90 Å². The molecule has 0 aliphatic heterocycles. The summed E-state index contributed by atoms with van der Waals surface area (Å²) >= 11 is 1.20. The van der Waals surface area contributed by atoms with Gasteiger partial charge in [-0.1, -0.05) is 0 Å². The molecule has 1 rings (SSSR count). The summed E-state index contributed by atoms with van der Waals surface area (Å²) in [6, 6.07) is 3.74. The zero-order valence-electron chi connectivity index (χ0n) is 6.28. The molecule has 1 heterocycles. The van der Waals surface area contributed by atoms with Gasteiger partial charge in [-0.05, 0) is 23.4 Å². The van der Waals surface area contributed by atoms with Gasteiger partial charge < -0.3 is 5.11 Å². The van der Waals surface area contributed by atoms with E-state index in [9.17, 15) is 4.79 Å². The van der Waals surface area contributed by atoms with Gasteiger partial charge in [0, 0.05) is 6.42 Å². The van der Waals surface area contributed by atoms with Crippen LogP contribution in [0.2, 0.25) is 0 Å². The number of rotatable bonds is 3. The van der Waals surface area contributed by atoms with Crippen molar-refractivity contribution in [2.45, 2.75) is 12.8 Å². The highest BCUT2D eigenvalue weighted by Crippen LogP contribution is 2.17. The Kier molecular flexibility index (Phi) is 2.83. The van der Waals surface area contributed by atoms with Crippen molar-refractivity contribution in [1.82, 2.24) is 0 Å². The van der Waals surface area contributed by atoms with Crippen LogP contribution in [0.15, 0.2) is 11.4 Å². The van der Waals surface area contributed by atoms with Crippen LogP contribution in [-0.2, 0) is 6.42 Å². The highest BCUT2D eigenvalue weighted by atomic mass is 32.1. The van der Waals surface area contributed by atoms with E-state index >= 15 is 0 Å². The molecule has 3 nitrogen and oxygen atoms in total. The Bertz CT molecular complexity index is 324. The summed E-state index contributed by atoms with van der Waals surface area (Å²) in [4.78, 5) is 10.9. The fraction of sp³-hybridized carbons (Fsp3) is 0.250. The molecular formula is C8H7NO2S. The van der Waals surface area contributed by atoms with Gasteiger partial charge in [0.05, 0.1) is 6.07 Å². The molecule has 12 heavy (non-hydrogen) atoms. The maximum Gasteiger partial charge on any atom is 0.346 e. The van der Waals surface area contributed by atoms with Crippen molar-refractivity contribution in [3.63, 3.8) is 0 Å². The Balaban J connectivity index is 2.79. The summed E-state index contributed by atoms with van der Waals surface area (Å²) < 4.78 is 0. The molecule has 0 radical (unpaired) electrons. The molecule has 0 amide bonds. The fourth-order valence-electron chi connectivity index (χ4n) is 0.911. The normalized spacial score (nSPS) is 9.25. The van der Waals surface area contributed by atoms with Crippen molar-refractivity contribution >= 4 is 17.3 Å². The maximum absolute atomic E-state index is 10.6. The van der Waals surface area contributed by atoms with Gasteiger partial charge in [0.2, 0.25) is 0 Å². The second-order valence-electron chi connectivity index (χ2n) is 2.24. The number of hydrogen-bond acceptors (Lipinski definition) is 3. The number of carboxylic acids is 1. The molecule has 1 aromatic rings. The van der Waals surface area contributed by atoms with Gasteiger partial charge in [-0.15, -0.1) is 11.3 Å². The van der Waals surface area contributed by atoms with E-state index in [1.165, 1.54) is 11.3 Å². The minimum atomic E-state index is -0.905. The standard InChI is InChI=1S/C8H7NO2S/c9-4-1-2-6-3-5-12-7(6)8(10)11/h3,5H,1-2H2,(H,10,11). The predicted molar refractivity (Wildman–Crippen MR) is 45.2 cm³/mol. The van der Waals surface area contributed by atoms with E-state index in [2.05, 4.69) is 0 Å². The van der Waals surface area contributed by atoms with Gasteiger partial charge in [0.25, 0.3) is 0 Å². The van der Waals surface area contributed by atoms with Crippen molar-refractivity contribution in [2.75, 3.05) is 0 Å². The SMILES string of the molecule is N#CCCc1ccsc1C(=O)O. The highest BCUT2D eigenvalue weighted by molar-refractivity contribution is 7.12. The molecule has 0 atom stereocenters. The first-order valence-corrected chi connectivity index (χ1v) is 4.30. The largest absolute Gasteiger partial charge is 0.477 e. The number of aryl methyl sites for hydroxylation is 1. The molecule has 62 valence electrons. The van der Waals surface area contributed by atoms with Crippen LogP contribution in [0.3, 0.4) is 0 Å². The Hall–Kier alpha value is -1.34. The van der Waals surface area contributed by atoms with E-state index in [1.54, 1.807) is 11.4 Å². The van der Waals surface area contributed by atoms with Crippen LogP contribution >= 0.6 is 11.3 Å². The number of hydrogen-bond donors (Lipinski definition) is 1. The van der Waals surface area contributed by atoms with E-state index in [0.717, 1.165) is 5.56 Å². The minimum Gasteiger partial charge on any atom is -0.477 e. The third-order valence-electron chi connectivity index (χ3n) is 1.45. The van der Waals surface area contributed by atoms with Gasteiger partial charge in [0.1, 0.15) is 4.88 Å². The van der Waals surface area contributed by atoms with Crippen LogP contribution in [0.1, 0.15) is 21.7 Å². The topological polar surface area (TPSA) is 61.1 Å². The molecule has 0 aromatic carbocycles. The number of carboxylic acid groups (broad SMARTS) is 1. The smallest absolute Gasteiger partial charge is 0.346 e. The van der Waals surface area contributed by atoms with Crippen molar-refractivity contribution in [2.24, 2.45) is 0 Å². The van der Waals surface area contributed by atoms with Crippen LogP contribution in [0.5, 0.6) is 0 Å². The predicted octanol–water partition coefficient (Wildman–Crippen LogP) is 1.90. The van der Waals surface area contributed by atoms with E-state index in [1.807, 2.05) is 6.07 Å². The molecule has 1 N–H and O–H groups in total. The van der Waals surface area contributed by atoms with Gasteiger partial charge in [0.15, 0.2) is 0 Å².